The van der Waals surface area contributed by atoms with Crippen LogP contribution < -0.4 is 5.32 Å². The third kappa shape index (κ3) is 3.70. The predicted molar refractivity (Wildman–Crippen MR) is 55.7 cm³/mol. The fourth-order valence-corrected chi connectivity index (χ4v) is 1.02. The Kier molecular flexibility index (Phi) is 3.06. The highest BCUT2D eigenvalue weighted by molar-refractivity contribution is 6.30. The van der Waals surface area contributed by atoms with Crippen LogP contribution in [-0.2, 0) is 4.74 Å². The number of ether oxygens (including phenoxy) is 1. The number of carbonyl (C=O) groups excluding carboxylic acids is 1. The minimum atomic E-state index is -0.504. The monoisotopic (exact) mass is 216 g/mol. The molecule has 2 N–H and O–H groups in total. The molecule has 1 rings (SSSR count). The normalized spacial score (nSPS) is 11.1. The van der Waals surface area contributed by atoms with E-state index in [-0.39, 0.29) is 0 Å². The number of hydrogen-bond acceptors (Lipinski definition) is 2. The van der Waals surface area contributed by atoms with Gasteiger partial charge in [-0.05, 0) is 26.8 Å². The van der Waals surface area contributed by atoms with Crippen molar-refractivity contribution >= 4 is 23.5 Å². The molecule has 0 aliphatic heterocycles. The van der Waals surface area contributed by atoms with Crippen LogP contribution in [0.5, 0.6) is 0 Å². The summed E-state index contributed by atoms with van der Waals surface area (Å²) in [7, 11) is 0. The third-order valence-corrected chi connectivity index (χ3v) is 1.50. The quantitative estimate of drug-likeness (QED) is 0.758. The van der Waals surface area contributed by atoms with Crippen molar-refractivity contribution < 1.29 is 9.53 Å². The molecule has 1 heterocycles. The van der Waals surface area contributed by atoms with Gasteiger partial charge in [-0.25, -0.2) is 4.79 Å². The van der Waals surface area contributed by atoms with Crippen LogP contribution in [0.25, 0.3) is 0 Å². The molecule has 14 heavy (non-hydrogen) atoms. The highest BCUT2D eigenvalue weighted by atomic mass is 35.5. The molecule has 0 saturated carbocycles. The third-order valence-electron chi connectivity index (χ3n) is 1.28. The summed E-state index contributed by atoms with van der Waals surface area (Å²) >= 11 is 5.65. The van der Waals surface area contributed by atoms with Crippen LogP contribution in [0.3, 0.4) is 0 Å². The Bertz CT molecular complexity index is 328. The van der Waals surface area contributed by atoms with Crippen molar-refractivity contribution in [3.8, 4) is 0 Å². The zero-order chi connectivity index (χ0) is 10.8. The van der Waals surface area contributed by atoms with Crippen molar-refractivity contribution in [2.75, 3.05) is 5.32 Å². The van der Waals surface area contributed by atoms with Gasteiger partial charge in [0.15, 0.2) is 0 Å². The van der Waals surface area contributed by atoms with Crippen LogP contribution in [0.1, 0.15) is 20.8 Å². The van der Waals surface area contributed by atoms with Crippen molar-refractivity contribution in [3.63, 3.8) is 0 Å². The first-order valence-electron chi connectivity index (χ1n) is 4.21. The van der Waals surface area contributed by atoms with Gasteiger partial charge in [-0.2, -0.15) is 0 Å². The number of rotatable bonds is 1. The first-order chi connectivity index (χ1) is 6.37. The molecule has 4 nitrogen and oxygen atoms in total. The number of anilines is 1. The van der Waals surface area contributed by atoms with Gasteiger partial charge in [0.1, 0.15) is 11.4 Å². The molecule has 0 aromatic carbocycles. The number of nitrogens with one attached hydrogen (secondary N) is 2. The fraction of sp³-hybridized carbons (Fsp3) is 0.444. The number of aromatic nitrogens is 1. The Labute approximate surface area is 87.6 Å². The summed E-state index contributed by atoms with van der Waals surface area (Å²) in [6.45, 7) is 5.40. The van der Waals surface area contributed by atoms with Crippen molar-refractivity contribution in [2.45, 2.75) is 26.4 Å². The summed E-state index contributed by atoms with van der Waals surface area (Å²) in [6.07, 6.45) is 1.07. The number of amides is 1. The fourth-order valence-electron chi connectivity index (χ4n) is 0.854. The highest BCUT2D eigenvalue weighted by Gasteiger charge is 2.16. The molecule has 0 fully saturated rings. The van der Waals surface area contributed by atoms with E-state index in [0.717, 1.165) is 0 Å². The molecule has 1 aromatic rings. The van der Waals surface area contributed by atoms with Crippen molar-refractivity contribution in [3.05, 3.63) is 17.3 Å². The van der Waals surface area contributed by atoms with Crippen LogP contribution in [-0.4, -0.2) is 16.7 Å². The van der Waals surface area contributed by atoms with E-state index in [1.54, 1.807) is 33.0 Å². The lowest BCUT2D eigenvalue weighted by atomic mass is 10.2. The average Bonchev–Trinajstić information content (AvgIpc) is 2.30. The lowest BCUT2D eigenvalue weighted by Gasteiger charge is -2.19. The number of carbonyl (C=O) groups is 1. The first-order valence-corrected chi connectivity index (χ1v) is 4.58. The smallest absolute Gasteiger partial charge is 0.413 e. The van der Waals surface area contributed by atoms with Gasteiger partial charge in [-0.15, -0.1) is 0 Å². The zero-order valence-corrected chi connectivity index (χ0v) is 9.11. The minimum absolute atomic E-state index is 0.500. The number of aromatic amines is 1. The summed E-state index contributed by atoms with van der Waals surface area (Å²) in [5, 5.41) is 3.06. The van der Waals surface area contributed by atoms with E-state index in [2.05, 4.69) is 10.3 Å². The van der Waals surface area contributed by atoms with Gasteiger partial charge in [0.05, 0.1) is 5.02 Å². The Balaban J connectivity index is 2.50. The maximum Gasteiger partial charge on any atom is 0.413 e. The molecule has 0 atom stereocenters. The van der Waals surface area contributed by atoms with Crippen molar-refractivity contribution in [2.24, 2.45) is 0 Å². The van der Waals surface area contributed by atoms with Crippen molar-refractivity contribution in [1.29, 1.82) is 0 Å². The molecule has 78 valence electrons. The Morgan fingerprint density at radius 1 is 1.57 bits per heavy atom. The average molecular weight is 217 g/mol. The first kappa shape index (κ1) is 10.9. The van der Waals surface area contributed by atoms with Gasteiger partial charge in [0.25, 0.3) is 0 Å². The SMILES string of the molecule is CC(C)(C)OC(=O)Nc1cc(Cl)c[nH]1. The summed E-state index contributed by atoms with van der Waals surface area (Å²) in [4.78, 5) is 14.0. The topological polar surface area (TPSA) is 54.1 Å². The summed E-state index contributed by atoms with van der Waals surface area (Å²) in [5.41, 5.74) is -0.500. The second-order valence-corrected chi connectivity index (χ2v) is 4.29. The van der Waals surface area contributed by atoms with E-state index < -0.39 is 11.7 Å². The van der Waals surface area contributed by atoms with Gasteiger partial charge < -0.3 is 9.72 Å². The molecule has 1 aromatic heterocycles. The van der Waals surface area contributed by atoms with E-state index in [1.807, 2.05) is 0 Å². The number of H-pyrrole nitrogens is 1. The van der Waals surface area contributed by atoms with Gasteiger partial charge in [-0.1, -0.05) is 11.6 Å². The zero-order valence-electron chi connectivity index (χ0n) is 8.35. The van der Waals surface area contributed by atoms with E-state index >= 15 is 0 Å². The Hall–Kier alpha value is -1.16. The molecule has 0 aliphatic rings. The maximum absolute atomic E-state index is 11.2. The molecular weight excluding hydrogens is 204 g/mol. The van der Waals surface area contributed by atoms with Crippen LogP contribution in [0, 0.1) is 0 Å². The van der Waals surface area contributed by atoms with E-state index in [4.69, 9.17) is 16.3 Å². The van der Waals surface area contributed by atoms with Crippen LogP contribution >= 0.6 is 11.6 Å². The molecule has 1 amide bonds. The number of hydrogen-bond donors (Lipinski definition) is 2. The van der Waals surface area contributed by atoms with Gasteiger partial charge in [-0.3, -0.25) is 5.32 Å². The lowest BCUT2D eigenvalue weighted by Crippen LogP contribution is -2.27. The Morgan fingerprint density at radius 3 is 2.64 bits per heavy atom. The predicted octanol–water partition coefficient (Wildman–Crippen LogP) is 3.02. The van der Waals surface area contributed by atoms with E-state index in [0.29, 0.717) is 10.8 Å². The van der Waals surface area contributed by atoms with Crippen LogP contribution in [0.2, 0.25) is 5.02 Å². The maximum atomic E-state index is 11.2. The van der Waals surface area contributed by atoms with Crippen LogP contribution in [0.15, 0.2) is 12.3 Å². The molecule has 0 spiro atoms. The largest absolute Gasteiger partial charge is 0.444 e. The molecule has 5 heteroatoms. The standard InChI is InChI=1S/C9H13ClN2O2/c1-9(2,3)14-8(13)12-7-4-6(10)5-11-7/h4-5,11H,1-3H3,(H,12,13). The second-order valence-electron chi connectivity index (χ2n) is 3.86. The van der Waals surface area contributed by atoms with E-state index in [1.165, 1.54) is 0 Å². The molecule has 0 aliphatic carbocycles. The second kappa shape index (κ2) is 3.92. The lowest BCUT2D eigenvalue weighted by molar-refractivity contribution is 0.0635. The molecular formula is C9H13ClN2O2. The molecule has 0 unspecified atom stereocenters. The number of halogens is 1. The van der Waals surface area contributed by atoms with Gasteiger partial charge in [0, 0.05) is 6.20 Å². The van der Waals surface area contributed by atoms with Gasteiger partial charge in [0.2, 0.25) is 0 Å². The molecule has 0 radical (unpaired) electrons. The van der Waals surface area contributed by atoms with E-state index in [9.17, 15) is 4.79 Å². The molecule has 0 saturated heterocycles. The minimum Gasteiger partial charge on any atom is -0.444 e. The summed E-state index contributed by atoms with van der Waals surface area (Å²) in [6, 6.07) is 1.60. The summed E-state index contributed by atoms with van der Waals surface area (Å²) < 4.78 is 5.04. The highest BCUT2D eigenvalue weighted by Crippen LogP contribution is 2.15. The van der Waals surface area contributed by atoms with Crippen LogP contribution in [0.4, 0.5) is 10.6 Å². The summed E-state index contributed by atoms with van der Waals surface area (Å²) in [5.74, 6) is 0.518. The molecule has 0 bridgehead atoms. The van der Waals surface area contributed by atoms with Crippen molar-refractivity contribution in [1.82, 2.24) is 4.98 Å². The Morgan fingerprint density at radius 2 is 2.21 bits per heavy atom. The van der Waals surface area contributed by atoms with Gasteiger partial charge >= 0.3 is 6.09 Å².